The topological polar surface area (TPSA) is 140 Å². The van der Waals surface area contributed by atoms with Gasteiger partial charge in [0.2, 0.25) is 0 Å². The molecule has 0 aromatic rings. The third kappa shape index (κ3) is 18.1. The van der Waals surface area contributed by atoms with Crippen molar-refractivity contribution in [1.29, 1.82) is 0 Å². The van der Waals surface area contributed by atoms with Gasteiger partial charge in [0.25, 0.3) is 0 Å². The van der Waals surface area contributed by atoms with Crippen molar-refractivity contribution in [1.82, 2.24) is 0 Å². The van der Waals surface area contributed by atoms with E-state index in [1.165, 1.54) is 0 Å². The second kappa shape index (κ2) is 16.7. The number of hydrogen-bond donors (Lipinski definition) is 6. The summed E-state index contributed by atoms with van der Waals surface area (Å²) in [6, 6.07) is 0. The molecule has 0 spiro atoms. The van der Waals surface area contributed by atoms with Crippen molar-refractivity contribution < 1.29 is 40.1 Å². The van der Waals surface area contributed by atoms with E-state index in [1.807, 2.05) is 0 Å². The van der Waals surface area contributed by atoms with Gasteiger partial charge in [0.15, 0.2) is 0 Å². The van der Waals surface area contributed by atoms with Crippen LogP contribution in [0.15, 0.2) is 0 Å². The SMILES string of the molecule is C1COCCO1.OCC(O)CO.OCC(O)CO. The van der Waals surface area contributed by atoms with Crippen LogP contribution in [0.2, 0.25) is 0 Å². The van der Waals surface area contributed by atoms with E-state index in [4.69, 9.17) is 40.1 Å². The molecule has 1 heterocycles. The largest absolute Gasteiger partial charge is 0.394 e. The van der Waals surface area contributed by atoms with Crippen molar-refractivity contribution in [3.8, 4) is 0 Å². The van der Waals surface area contributed by atoms with Gasteiger partial charge < -0.3 is 40.1 Å². The Morgan fingerprint density at radius 2 is 0.833 bits per heavy atom. The summed E-state index contributed by atoms with van der Waals surface area (Å²) in [7, 11) is 0. The molecule has 0 amide bonds. The van der Waals surface area contributed by atoms with Crippen LogP contribution in [-0.4, -0.2) is 95.7 Å². The molecule has 0 aliphatic carbocycles. The predicted molar refractivity (Wildman–Crippen MR) is 62.0 cm³/mol. The van der Waals surface area contributed by atoms with E-state index >= 15 is 0 Å². The molecule has 0 atom stereocenters. The highest BCUT2D eigenvalue weighted by atomic mass is 16.6. The molecule has 18 heavy (non-hydrogen) atoms. The minimum absolute atomic E-state index is 0.365. The quantitative estimate of drug-likeness (QED) is 0.313. The van der Waals surface area contributed by atoms with Crippen LogP contribution in [0.1, 0.15) is 0 Å². The van der Waals surface area contributed by atoms with Gasteiger partial charge >= 0.3 is 0 Å². The summed E-state index contributed by atoms with van der Waals surface area (Å²) in [5.74, 6) is 0. The fourth-order valence-corrected chi connectivity index (χ4v) is 0.555. The van der Waals surface area contributed by atoms with Crippen LogP contribution < -0.4 is 0 Å². The van der Waals surface area contributed by atoms with Gasteiger partial charge in [-0.2, -0.15) is 0 Å². The van der Waals surface area contributed by atoms with Gasteiger partial charge in [-0.1, -0.05) is 0 Å². The normalized spacial score (nSPS) is 14.7. The number of rotatable bonds is 4. The lowest BCUT2D eigenvalue weighted by Crippen LogP contribution is -2.16. The molecular weight excluding hydrogens is 248 g/mol. The molecule has 8 heteroatoms. The fourth-order valence-electron chi connectivity index (χ4n) is 0.555. The Labute approximate surface area is 106 Å². The lowest BCUT2D eigenvalue weighted by Gasteiger charge is -2.09. The van der Waals surface area contributed by atoms with Crippen molar-refractivity contribution in [2.75, 3.05) is 52.9 Å². The van der Waals surface area contributed by atoms with Crippen molar-refractivity contribution in [3.63, 3.8) is 0 Å². The molecule has 1 aliphatic heterocycles. The monoisotopic (exact) mass is 272 g/mol. The van der Waals surface area contributed by atoms with Gasteiger partial charge in [0.05, 0.1) is 52.9 Å². The number of aliphatic hydroxyl groups excluding tert-OH is 6. The highest BCUT2D eigenvalue weighted by molar-refractivity contribution is 4.44. The predicted octanol–water partition coefficient (Wildman–Crippen LogP) is -3.30. The Hall–Kier alpha value is -0.320. The lowest BCUT2D eigenvalue weighted by atomic mass is 10.4. The zero-order valence-electron chi connectivity index (χ0n) is 10.3. The molecule has 0 aromatic carbocycles. The molecule has 112 valence electrons. The third-order valence-electron chi connectivity index (χ3n) is 1.59. The van der Waals surface area contributed by atoms with Gasteiger partial charge in [0.1, 0.15) is 12.2 Å². The maximum absolute atomic E-state index is 8.17. The summed E-state index contributed by atoms with van der Waals surface area (Å²) in [6.07, 6.45) is -1.91. The zero-order chi connectivity index (χ0) is 14.2. The molecule has 1 aliphatic rings. The molecule has 1 fully saturated rings. The molecule has 6 N–H and O–H groups in total. The van der Waals surface area contributed by atoms with Gasteiger partial charge in [-0.05, 0) is 0 Å². The first kappa shape index (κ1) is 20.0. The molecule has 1 rings (SSSR count). The van der Waals surface area contributed by atoms with E-state index in [0.29, 0.717) is 0 Å². The Morgan fingerprint density at radius 3 is 0.889 bits per heavy atom. The number of aliphatic hydroxyl groups is 6. The summed E-state index contributed by atoms with van der Waals surface area (Å²) in [4.78, 5) is 0. The van der Waals surface area contributed by atoms with E-state index in [2.05, 4.69) is 0 Å². The Morgan fingerprint density at radius 1 is 0.611 bits per heavy atom. The summed E-state index contributed by atoms with van der Waals surface area (Å²) >= 11 is 0. The van der Waals surface area contributed by atoms with Gasteiger partial charge in [-0.15, -0.1) is 0 Å². The van der Waals surface area contributed by atoms with Crippen molar-refractivity contribution in [2.45, 2.75) is 12.2 Å². The van der Waals surface area contributed by atoms with E-state index < -0.39 is 12.2 Å². The van der Waals surface area contributed by atoms with E-state index in [1.54, 1.807) is 0 Å². The van der Waals surface area contributed by atoms with Gasteiger partial charge in [0, 0.05) is 0 Å². The van der Waals surface area contributed by atoms with Gasteiger partial charge in [-0.3, -0.25) is 0 Å². The summed E-state index contributed by atoms with van der Waals surface area (Å²) < 4.78 is 9.89. The Bertz CT molecular complexity index is 112. The van der Waals surface area contributed by atoms with Crippen LogP contribution in [0.3, 0.4) is 0 Å². The Kier molecular flexibility index (Phi) is 18.5. The maximum Gasteiger partial charge on any atom is 0.100 e. The smallest absolute Gasteiger partial charge is 0.100 e. The van der Waals surface area contributed by atoms with Crippen LogP contribution in [-0.2, 0) is 9.47 Å². The Balaban J connectivity index is 0. The first-order valence-electron chi connectivity index (χ1n) is 5.57. The van der Waals surface area contributed by atoms with Crippen LogP contribution in [0.25, 0.3) is 0 Å². The molecule has 0 saturated carbocycles. The van der Waals surface area contributed by atoms with E-state index in [-0.39, 0.29) is 26.4 Å². The van der Waals surface area contributed by atoms with Crippen LogP contribution >= 0.6 is 0 Å². The lowest BCUT2D eigenvalue weighted by molar-refractivity contribution is -0.0334. The zero-order valence-corrected chi connectivity index (χ0v) is 10.3. The number of ether oxygens (including phenoxy) is 2. The van der Waals surface area contributed by atoms with Gasteiger partial charge in [-0.25, -0.2) is 0 Å². The molecule has 0 aromatic heterocycles. The fraction of sp³-hybridized carbons (Fsp3) is 1.00. The highest BCUT2D eigenvalue weighted by Gasteiger charge is 1.95. The maximum atomic E-state index is 8.17. The third-order valence-corrected chi connectivity index (χ3v) is 1.59. The average molecular weight is 272 g/mol. The summed E-state index contributed by atoms with van der Waals surface area (Å²) in [5.41, 5.74) is 0. The molecule has 8 nitrogen and oxygen atoms in total. The van der Waals surface area contributed by atoms with E-state index in [9.17, 15) is 0 Å². The van der Waals surface area contributed by atoms with Crippen LogP contribution in [0.4, 0.5) is 0 Å². The second-order valence-corrected chi connectivity index (χ2v) is 3.26. The molecule has 1 saturated heterocycles. The van der Waals surface area contributed by atoms with Crippen LogP contribution in [0, 0.1) is 0 Å². The standard InChI is InChI=1S/C4H8O2.2C3H8O3/c1-2-6-4-3-5-1;2*4-1-3(6)2-5/h1-4H2;2*3-6H,1-2H2. The van der Waals surface area contributed by atoms with E-state index in [0.717, 1.165) is 26.4 Å². The van der Waals surface area contributed by atoms with Crippen LogP contribution in [0.5, 0.6) is 0 Å². The summed E-state index contributed by atoms with van der Waals surface area (Å²) in [5, 5.41) is 48.0. The van der Waals surface area contributed by atoms with Crippen molar-refractivity contribution >= 4 is 0 Å². The summed E-state index contributed by atoms with van der Waals surface area (Å²) in [6.45, 7) is 1.65. The van der Waals surface area contributed by atoms with Crippen molar-refractivity contribution in [2.24, 2.45) is 0 Å². The number of hydrogen-bond acceptors (Lipinski definition) is 8. The molecule has 0 bridgehead atoms. The average Bonchev–Trinajstić information content (AvgIpc) is 2.48. The molecular formula is C10H24O8. The minimum Gasteiger partial charge on any atom is -0.394 e. The molecule has 0 radical (unpaired) electrons. The van der Waals surface area contributed by atoms with Crippen molar-refractivity contribution in [3.05, 3.63) is 0 Å². The first-order valence-corrected chi connectivity index (χ1v) is 5.57. The molecule has 0 unspecified atom stereocenters. The highest BCUT2D eigenvalue weighted by Crippen LogP contribution is 1.85. The minimum atomic E-state index is -0.954. The second-order valence-electron chi connectivity index (χ2n) is 3.26. The first-order chi connectivity index (χ1) is 8.62.